The molecule has 0 aromatic heterocycles. The molecule has 0 fully saturated rings. The number of esters is 1. The van der Waals surface area contributed by atoms with Crippen molar-refractivity contribution in [3.05, 3.63) is 28.2 Å². The van der Waals surface area contributed by atoms with Crippen LogP contribution >= 0.6 is 23.2 Å². The Kier molecular flexibility index (Phi) is 4.98. The highest BCUT2D eigenvalue weighted by molar-refractivity contribution is 7.89. The quantitative estimate of drug-likeness (QED) is 0.861. The molecule has 0 aliphatic heterocycles. The number of sulfonamides is 1. The van der Waals surface area contributed by atoms with Crippen LogP contribution in [0, 0.1) is 0 Å². The monoisotopic (exact) mass is 311 g/mol. The van der Waals surface area contributed by atoms with Gasteiger partial charge in [-0.3, -0.25) is 4.79 Å². The minimum absolute atomic E-state index is 0.0762. The van der Waals surface area contributed by atoms with Gasteiger partial charge in [0.15, 0.2) is 0 Å². The largest absolute Gasteiger partial charge is 0.468 e. The van der Waals surface area contributed by atoms with Gasteiger partial charge in [0.1, 0.15) is 6.04 Å². The van der Waals surface area contributed by atoms with Crippen molar-refractivity contribution in [3.63, 3.8) is 0 Å². The molecular weight excluding hydrogens is 301 g/mol. The Hall–Kier alpha value is -0.820. The molecule has 0 bridgehead atoms. The smallest absolute Gasteiger partial charge is 0.323 e. The maximum absolute atomic E-state index is 11.9. The number of ether oxygens (including phenoxy) is 1. The Morgan fingerprint density at radius 3 is 2.44 bits per heavy atom. The van der Waals surface area contributed by atoms with Gasteiger partial charge in [0.25, 0.3) is 0 Å². The molecule has 1 atom stereocenters. The lowest BCUT2D eigenvalue weighted by Gasteiger charge is -2.12. The van der Waals surface area contributed by atoms with Crippen LogP contribution in [-0.4, -0.2) is 27.5 Å². The normalized spacial score (nSPS) is 13.1. The summed E-state index contributed by atoms with van der Waals surface area (Å²) in [5.41, 5.74) is 0. The third-order valence-corrected chi connectivity index (χ3v) is 4.37. The highest BCUT2D eigenvalue weighted by Gasteiger charge is 2.22. The van der Waals surface area contributed by atoms with Crippen LogP contribution < -0.4 is 4.72 Å². The van der Waals surface area contributed by atoms with Crippen LogP contribution in [0.1, 0.15) is 6.92 Å². The second kappa shape index (κ2) is 5.88. The number of rotatable bonds is 4. The summed E-state index contributed by atoms with van der Waals surface area (Å²) < 4.78 is 30.4. The minimum Gasteiger partial charge on any atom is -0.468 e. The van der Waals surface area contributed by atoms with Crippen LogP contribution in [0.2, 0.25) is 10.0 Å². The van der Waals surface area contributed by atoms with Crippen molar-refractivity contribution in [1.82, 2.24) is 4.72 Å². The number of nitrogens with one attached hydrogen (secondary N) is 1. The molecule has 8 heteroatoms. The van der Waals surface area contributed by atoms with E-state index in [-0.39, 0.29) is 14.9 Å². The fraction of sp³-hybridized carbons (Fsp3) is 0.300. The lowest BCUT2D eigenvalue weighted by Crippen LogP contribution is -2.39. The Balaban J connectivity index is 3.00. The van der Waals surface area contributed by atoms with Crippen LogP contribution in [0.15, 0.2) is 23.1 Å². The number of carbonyl (C=O) groups is 1. The summed E-state index contributed by atoms with van der Waals surface area (Å²) in [5, 5.41) is 0.363. The third-order valence-electron chi connectivity index (χ3n) is 2.09. The highest BCUT2D eigenvalue weighted by Crippen LogP contribution is 2.24. The Morgan fingerprint density at radius 2 is 1.94 bits per heavy atom. The first-order chi connectivity index (χ1) is 8.27. The molecule has 0 amide bonds. The topological polar surface area (TPSA) is 72.5 Å². The van der Waals surface area contributed by atoms with Crippen LogP contribution in [0.3, 0.4) is 0 Å². The van der Waals surface area contributed by atoms with Crippen LogP contribution in [-0.2, 0) is 19.6 Å². The standard InChI is InChI=1S/C10H11Cl2NO4S/c1-6(10(14)17-2)13-18(15,16)7-3-4-8(11)9(12)5-7/h3-6,13H,1-2H3. The summed E-state index contributed by atoms with van der Waals surface area (Å²) in [6, 6.07) is 2.87. The molecule has 1 aromatic rings. The fourth-order valence-electron chi connectivity index (χ4n) is 1.17. The first-order valence-corrected chi connectivity index (χ1v) is 7.07. The predicted molar refractivity (Wildman–Crippen MR) is 68.3 cm³/mol. The Bertz CT molecular complexity index is 559. The summed E-state index contributed by atoms with van der Waals surface area (Å²) in [5.74, 6) is -0.682. The Morgan fingerprint density at radius 1 is 1.33 bits per heavy atom. The van der Waals surface area contributed by atoms with Gasteiger partial charge < -0.3 is 4.74 Å². The van der Waals surface area contributed by atoms with Crippen LogP contribution in [0.25, 0.3) is 0 Å². The van der Waals surface area contributed by atoms with Crippen molar-refractivity contribution in [2.24, 2.45) is 0 Å². The molecule has 18 heavy (non-hydrogen) atoms. The molecule has 0 spiro atoms. The van der Waals surface area contributed by atoms with Gasteiger partial charge in [-0.2, -0.15) is 4.72 Å². The first kappa shape index (κ1) is 15.2. The van der Waals surface area contributed by atoms with Crippen molar-refractivity contribution < 1.29 is 17.9 Å². The lowest BCUT2D eigenvalue weighted by molar-refractivity contribution is -0.142. The molecule has 1 N–H and O–H groups in total. The number of carbonyl (C=O) groups excluding carboxylic acids is 1. The van der Waals surface area contributed by atoms with Crippen molar-refractivity contribution in [2.45, 2.75) is 17.9 Å². The highest BCUT2D eigenvalue weighted by atomic mass is 35.5. The molecule has 100 valence electrons. The van der Waals surface area contributed by atoms with E-state index >= 15 is 0 Å². The average Bonchev–Trinajstić information content (AvgIpc) is 2.30. The van der Waals surface area contributed by atoms with Gasteiger partial charge >= 0.3 is 5.97 Å². The molecule has 1 aromatic carbocycles. The molecule has 0 aliphatic rings. The van der Waals surface area contributed by atoms with E-state index in [2.05, 4.69) is 9.46 Å². The number of hydrogen-bond donors (Lipinski definition) is 1. The molecule has 1 rings (SSSR count). The van der Waals surface area contributed by atoms with Crippen molar-refractivity contribution in [3.8, 4) is 0 Å². The summed E-state index contributed by atoms with van der Waals surface area (Å²) in [7, 11) is -2.67. The number of methoxy groups -OCH3 is 1. The van der Waals surface area contributed by atoms with Gasteiger partial charge in [-0.1, -0.05) is 23.2 Å². The molecular formula is C10H11Cl2NO4S. The summed E-state index contributed by atoms with van der Waals surface area (Å²) in [6.45, 7) is 1.38. The van der Waals surface area contributed by atoms with E-state index in [0.717, 1.165) is 0 Å². The second-order valence-corrected chi connectivity index (χ2v) is 5.97. The molecule has 0 aliphatic carbocycles. The predicted octanol–water partition coefficient (Wildman–Crippen LogP) is 1.83. The van der Waals surface area contributed by atoms with Crippen molar-refractivity contribution >= 4 is 39.2 Å². The molecule has 0 saturated carbocycles. The zero-order chi connectivity index (χ0) is 13.9. The third kappa shape index (κ3) is 3.58. The van der Waals surface area contributed by atoms with E-state index in [1.807, 2.05) is 0 Å². The van der Waals surface area contributed by atoms with Gasteiger partial charge in [0, 0.05) is 0 Å². The average molecular weight is 312 g/mol. The lowest BCUT2D eigenvalue weighted by atomic mass is 10.4. The van der Waals surface area contributed by atoms with Crippen LogP contribution in [0.5, 0.6) is 0 Å². The molecule has 0 saturated heterocycles. The van der Waals surface area contributed by atoms with E-state index in [9.17, 15) is 13.2 Å². The number of benzene rings is 1. The van der Waals surface area contributed by atoms with E-state index in [4.69, 9.17) is 23.2 Å². The molecule has 1 unspecified atom stereocenters. The van der Waals surface area contributed by atoms with Crippen molar-refractivity contribution in [1.29, 1.82) is 0 Å². The fourth-order valence-corrected chi connectivity index (χ4v) is 2.75. The van der Waals surface area contributed by atoms with E-state index < -0.39 is 22.0 Å². The summed E-state index contributed by atoms with van der Waals surface area (Å²) >= 11 is 11.4. The van der Waals surface area contributed by atoms with Gasteiger partial charge in [-0.05, 0) is 25.1 Å². The second-order valence-electron chi connectivity index (χ2n) is 3.44. The van der Waals surface area contributed by atoms with Gasteiger partial charge in [-0.15, -0.1) is 0 Å². The van der Waals surface area contributed by atoms with E-state index in [0.29, 0.717) is 0 Å². The van der Waals surface area contributed by atoms with E-state index in [1.54, 1.807) is 0 Å². The number of halogens is 2. The number of hydrogen-bond acceptors (Lipinski definition) is 4. The summed E-state index contributed by atoms with van der Waals surface area (Å²) in [6.07, 6.45) is 0. The first-order valence-electron chi connectivity index (χ1n) is 4.83. The minimum atomic E-state index is -3.85. The SMILES string of the molecule is COC(=O)C(C)NS(=O)(=O)c1ccc(Cl)c(Cl)c1. The molecule has 0 radical (unpaired) electrons. The maximum atomic E-state index is 11.9. The molecule has 5 nitrogen and oxygen atoms in total. The zero-order valence-corrected chi connectivity index (χ0v) is 11.9. The molecule has 0 heterocycles. The van der Waals surface area contributed by atoms with Crippen LogP contribution in [0.4, 0.5) is 0 Å². The van der Waals surface area contributed by atoms with Gasteiger partial charge in [-0.25, -0.2) is 8.42 Å². The maximum Gasteiger partial charge on any atom is 0.323 e. The van der Waals surface area contributed by atoms with E-state index in [1.165, 1.54) is 32.2 Å². The Labute approximate surface area is 115 Å². The van der Waals surface area contributed by atoms with Crippen molar-refractivity contribution in [2.75, 3.05) is 7.11 Å². The zero-order valence-electron chi connectivity index (χ0n) is 9.61. The van der Waals surface area contributed by atoms with Gasteiger partial charge in [0.2, 0.25) is 10.0 Å². The summed E-state index contributed by atoms with van der Waals surface area (Å²) in [4.78, 5) is 11.1. The van der Waals surface area contributed by atoms with Gasteiger partial charge in [0.05, 0.1) is 22.1 Å².